The van der Waals surface area contributed by atoms with Gasteiger partial charge in [0, 0.05) is 13.1 Å². The smallest absolute Gasteiger partial charge is 0.282 e. The van der Waals surface area contributed by atoms with Crippen LogP contribution in [0.25, 0.3) is 0 Å². The molecule has 2 radical (unpaired) electrons. The van der Waals surface area contributed by atoms with Crippen LogP contribution >= 0.6 is 0 Å². The molecule has 1 heterocycles. The Morgan fingerprint density at radius 3 is 3.22 bits per heavy atom. The van der Waals surface area contributed by atoms with E-state index in [1.54, 1.807) is 0 Å². The van der Waals surface area contributed by atoms with Crippen molar-refractivity contribution >= 4 is 8.05 Å². The Balaban J connectivity index is 2.08. The van der Waals surface area contributed by atoms with Crippen LogP contribution in [-0.4, -0.2) is 40.5 Å². The molecule has 1 unspecified atom stereocenters. The van der Waals surface area contributed by atoms with Gasteiger partial charge in [-0.15, -0.1) is 0 Å². The van der Waals surface area contributed by atoms with Gasteiger partial charge in [0.15, 0.2) is 0 Å². The molecule has 1 atom stereocenters. The molecule has 0 amide bonds. The molecule has 0 saturated carbocycles. The first-order valence-electron chi connectivity index (χ1n) is 3.07. The molecular weight excluding hydrogens is 117 g/mol. The molecule has 0 bridgehead atoms. The molecule has 0 aromatic rings. The van der Waals surface area contributed by atoms with Gasteiger partial charge in [-0.25, -0.2) is 0 Å². The summed E-state index contributed by atoms with van der Waals surface area (Å²) in [5, 5.41) is 3.16. The first-order valence-corrected chi connectivity index (χ1v) is 3.07. The van der Waals surface area contributed by atoms with E-state index in [1.807, 2.05) is 0 Å². The lowest BCUT2D eigenvalue weighted by Crippen LogP contribution is -2.40. The van der Waals surface area contributed by atoms with E-state index >= 15 is 0 Å². The Bertz CT molecular complexity index is 72.6. The summed E-state index contributed by atoms with van der Waals surface area (Å²) in [4.78, 5) is 0. The maximum Gasteiger partial charge on any atom is 0.282 e. The fraction of sp³-hybridized carbons (Fsp3) is 1.00. The topological polar surface area (TPSA) is 30.5 Å². The van der Waals surface area contributed by atoms with Crippen molar-refractivity contribution in [1.29, 1.82) is 0 Å². The monoisotopic (exact) mass is 127 g/mol. The maximum atomic E-state index is 5.25. The lowest BCUT2D eigenvalue weighted by molar-refractivity contribution is 0.00190. The van der Waals surface area contributed by atoms with E-state index in [4.69, 9.17) is 12.8 Å². The van der Waals surface area contributed by atoms with Gasteiger partial charge in [-0.1, -0.05) is 0 Å². The molecule has 0 aromatic carbocycles. The molecule has 1 rings (SSSR count). The minimum absolute atomic E-state index is 0.142. The molecule has 3 nitrogen and oxygen atoms in total. The van der Waals surface area contributed by atoms with Crippen molar-refractivity contribution in [2.45, 2.75) is 6.10 Å². The van der Waals surface area contributed by atoms with E-state index < -0.39 is 0 Å². The average molecular weight is 127 g/mol. The highest BCUT2D eigenvalue weighted by atomic mass is 16.5. The van der Waals surface area contributed by atoms with Crippen LogP contribution in [0.1, 0.15) is 0 Å². The van der Waals surface area contributed by atoms with Crippen LogP contribution in [0.4, 0.5) is 0 Å². The van der Waals surface area contributed by atoms with Gasteiger partial charge in [0.25, 0.3) is 8.05 Å². The molecule has 0 aromatic heterocycles. The third-order valence-corrected chi connectivity index (χ3v) is 1.29. The summed E-state index contributed by atoms with van der Waals surface area (Å²) >= 11 is 0. The van der Waals surface area contributed by atoms with Crippen LogP contribution in [0, 0.1) is 0 Å². The summed E-state index contributed by atoms with van der Waals surface area (Å²) in [7, 11) is 4.85. The van der Waals surface area contributed by atoms with Gasteiger partial charge >= 0.3 is 0 Å². The molecule has 1 N–H and O–H groups in total. The second-order valence-electron chi connectivity index (χ2n) is 2.03. The second kappa shape index (κ2) is 3.87. The van der Waals surface area contributed by atoms with E-state index in [9.17, 15) is 0 Å². The van der Waals surface area contributed by atoms with Crippen LogP contribution in [0.15, 0.2) is 0 Å². The number of morpholine rings is 1. The predicted octanol–water partition coefficient (Wildman–Crippen LogP) is -0.925. The van der Waals surface area contributed by atoms with Crippen molar-refractivity contribution in [2.75, 3.05) is 26.3 Å². The zero-order valence-corrected chi connectivity index (χ0v) is 5.30. The van der Waals surface area contributed by atoms with Gasteiger partial charge in [0.1, 0.15) is 0 Å². The minimum atomic E-state index is 0.142. The Morgan fingerprint density at radius 2 is 2.67 bits per heavy atom. The molecule has 50 valence electrons. The van der Waals surface area contributed by atoms with Gasteiger partial charge < -0.3 is 14.7 Å². The average Bonchev–Trinajstić information content (AvgIpc) is 1.91. The van der Waals surface area contributed by atoms with Crippen LogP contribution in [-0.2, 0) is 9.39 Å². The third kappa shape index (κ3) is 2.34. The zero-order chi connectivity index (χ0) is 6.53. The number of hydrogen-bond donors (Lipinski definition) is 1. The minimum Gasteiger partial charge on any atom is -0.445 e. The van der Waals surface area contributed by atoms with E-state index in [1.165, 1.54) is 0 Å². The first-order chi connectivity index (χ1) is 4.43. The van der Waals surface area contributed by atoms with Crippen LogP contribution < -0.4 is 5.32 Å². The molecule has 1 aliphatic heterocycles. The van der Waals surface area contributed by atoms with Crippen molar-refractivity contribution < 1.29 is 9.39 Å². The van der Waals surface area contributed by atoms with Crippen LogP contribution in [0.2, 0.25) is 0 Å². The summed E-state index contributed by atoms with van der Waals surface area (Å²) in [6, 6.07) is 0. The molecule has 0 aliphatic carbocycles. The Kier molecular flexibility index (Phi) is 3.04. The van der Waals surface area contributed by atoms with Crippen molar-refractivity contribution in [3.05, 3.63) is 0 Å². The van der Waals surface area contributed by atoms with Crippen LogP contribution in [0.5, 0.6) is 0 Å². The molecule has 4 heteroatoms. The highest BCUT2D eigenvalue weighted by Gasteiger charge is 2.11. The molecule has 1 aliphatic rings. The lowest BCUT2D eigenvalue weighted by atomic mass is 10.3. The largest absolute Gasteiger partial charge is 0.445 e. The zero-order valence-electron chi connectivity index (χ0n) is 5.30. The summed E-state index contributed by atoms with van der Waals surface area (Å²) in [5.74, 6) is 0. The summed E-state index contributed by atoms with van der Waals surface area (Å²) < 4.78 is 9.67. The van der Waals surface area contributed by atoms with Crippen molar-refractivity contribution in [3.8, 4) is 0 Å². The normalized spacial score (nSPS) is 28.2. The van der Waals surface area contributed by atoms with Crippen LogP contribution in [0.3, 0.4) is 0 Å². The van der Waals surface area contributed by atoms with Crippen molar-refractivity contribution in [2.24, 2.45) is 0 Å². The summed E-state index contributed by atoms with van der Waals surface area (Å²) in [5.41, 5.74) is 0. The van der Waals surface area contributed by atoms with Gasteiger partial charge in [-0.2, -0.15) is 0 Å². The Labute approximate surface area is 56.2 Å². The van der Waals surface area contributed by atoms with Gasteiger partial charge in [-0.05, 0) is 0 Å². The van der Waals surface area contributed by atoms with Gasteiger partial charge in [-0.3, -0.25) is 0 Å². The third-order valence-electron chi connectivity index (χ3n) is 1.29. The Hall–Kier alpha value is -0.0551. The number of rotatable bonds is 2. The summed E-state index contributed by atoms with van der Waals surface area (Å²) in [6.07, 6.45) is 0.142. The maximum absolute atomic E-state index is 5.25. The fourth-order valence-corrected chi connectivity index (χ4v) is 0.834. The van der Waals surface area contributed by atoms with Gasteiger partial charge in [0.2, 0.25) is 0 Å². The SMILES string of the molecule is [B]OCC1CNCCO1. The number of ether oxygens (including phenoxy) is 1. The standard InChI is InChI=1S/C5H10BNO2/c6-9-4-5-3-7-1-2-8-5/h5,7H,1-4H2. The summed E-state index contributed by atoms with van der Waals surface area (Å²) in [6.45, 7) is 3.01. The quantitative estimate of drug-likeness (QED) is 0.486. The van der Waals surface area contributed by atoms with Crippen molar-refractivity contribution in [1.82, 2.24) is 5.32 Å². The molecule has 1 saturated heterocycles. The highest BCUT2D eigenvalue weighted by molar-refractivity contribution is 5.97. The predicted molar refractivity (Wildman–Crippen MR) is 34.3 cm³/mol. The van der Waals surface area contributed by atoms with Crippen molar-refractivity contribution in [3.63, 3.8) is 0 Å². The van der Waals surface area contributed by atoms with E-state index in [-0.39, 0.29) is 6.10 Å². The van der Waals surface area contributed by atoms with Gasteiger partial charge in [0.05, 0.1) is 19.3 Å². The van der Waals surface area contributed by atoms with E-state index in [0.29, 0.717) is 6.61 Å². The fourth-order valence-electron chi connectivity index (χ4n) is 0.834. The number of nitrogens with one attached hydrogen (secondary N) is 1. The molecule has 9 heavy (non-hydrogen) atoms. The van der Waals surface area contributed by atoms with E-state index in [0.717, 1.165) is 19.7 Å². The Morgan fingerprint density at radius 1 is 1.78 bits per heavy atom. The second-order valence-corrected chi connectivity index (χ2v) is 2.03. The molecular formula is C5H10BNO2. The van der Waals surface area contributed by atoms with E-state index in [2.05, 4.69) is 9.97 Å². The highest BCUT2D eigenvalue weighted by Crippen LogP contribution is 1.94. The molecule has 0 spiro atoms. The number of hydrogen-bond acceptors (Lipinski definition) is 3. The molecule has 1 fully saturated rings. The lowest BCUT2D eigenvalue weighted by Gasteiger charge is -2.22. The first kappa shape index (κ1) is 7.06.